The molecule has 0 radical (unpaired) electrons. The van der Waals surface area contributed by atoms with Gasteiger partial charge < -0.3 is 19.1 Å². The SMILES string of the molecule is CCCOP(=O)(O)OC[C@H]1O[C@@H](n2ccc(=O)[nH]c2=O)[C@@H](OC(=O)CCC)C1OC(=O)CCC. The topological polar surface area (TPSA) is 172 Å². The smallest absolute Gasteiger partial charge is 0.455 e. The van der Waals surface area contributed by atoms with E-state index in [9.17, 15) is 28.6 Å². The van der Waals surface area contributed by atoms with E-state index in [-0.39, 0.29) is 19.4 Å². The average Bonchev–Trinajstić information content (AvgIpc) is 3.08. The Morgan fingerprint density at radius 2 is 1.68 bits per heavy atom. The minimum atomic E-state index is -4.44. The maximum Gasteiger partial charge on any atom is 0.472 e. The molecule has 14 heteroatoms. The minimum Gasteiger partial charge on any atom is -0.455 e. The summed E-state index contributed by atoms with van der Waals surface area (Å²) in [7, 11) is -4.44. The molecular formula is C20H31N2O11P. The van der Waals surface area contributed by atoms with Gasteiger partial charge in [-0.05, 0) is 19.3 Å². The van der Waals surface area contributed by atoms with Gasteiger partial charge in [0.05, 0.1) is 13.2 Å². The highest BCUT2D eigenvalue weighted by Crippen LogP contribution is 2.45. The summed E-state index contributed by atoms with van der Waals surface area (Å²) in [6.07, 6.45) is -2.40. The zero-order valence-electron chi connectivity index (χ0n) is 19.3. The molecule has 1 aromatic rings. The van der Waals surface area contributed by atoms with Crippen molar-refractivity contribution in [2.75, 3.05) is 13.2 Å². The summed E-state index contributed by atoms with van der Waals surface area (Å²) in [6, 6.07) is 1.07. The lowest BCUT2D eigenvalue weighted by Crippen LogP contribution is -2.42. The number of carbonyl (C=O) groups excluding carboxylic acids is 2. The average molecular weight is 506 g/mol. The number of phosphoric acid groups is 1. The molecule has 2 heterocycles. The van der Waals surface area contributed by atoms with Crippen molar-refractivity contribution >= 4 is 19.8 Å². The number of rotatable bonds is 13. The van der Waals surface area contributed by atoms with Gasteiger partial charge in [-0.1, -0.05) is 20.8 Å². The number of nitrogens with zero attached hydrogens (tertiary/aromatic N) is 1. The van der Waals surface area contributed by atoms with E-state index < -0.39 is 62.2 Å². The van der Waals surface area contributed by atoms with Crippen LogP contribution in [0.3, 0.4) is 0 Å². The summed E-state index contributed by atoms with van der Waals surface area (Å²) in [6.45, 7) is 4.67. The summed E-state index contributed by atoms with van der Waals surface area (Å²) in [5, 5.41) is 0. The number of H-pyrrole nitrogens is 1. The third-order valence-corrected chi connectivity index (χ3v) is 5.70. The van der Waals surface area contributed by atoms with Gasteiger partial charge in [-0.3, -0.25) is 33.0 Å². The number of hydrogen-bond donors (Lipinski definition) is 2. The third-order valence-electron chi connectivity index (χ3n) is 4.71. The molecule has 0 aromatic carbocycles. The lowest BCUT2D eigenvalue weighted by atomic mass is 10.1. The van der Waals surface area contributed by atoms with Crippen LogP contribution in [-0.2, 0) is 37.4 Å². The van der Waals surface area contributed by atoms with Crippen molar-refractivity contribution in [3.05, 3.63) is 33.1 Å². The van der Waals surface area contributed by atoms with Gasteiger partial charge in [0.15, 0.2) is 18.4 Å². The Hall–Kier alpha value is -2.31. The Labute approximate surface area is 195 Å². The van der Waals surface area contributed by atoms with Crippen molar-refractivity contribution in [3.63, 3.8) is 0 Å². The number of phosphoric ester groups is 1. The normalized spacial score (nSPS) is 23.9. The van der Waals surface area contributed by atoms with Crippen molar-refractivity contribution in [1.82, 2.24) is 9.55 Å². The highest BCUT2D eigenvalue weighted by Gasteiger charge is 2.51. The molecule has 2 unspecified atom stereocenters. The molecule has 1 aromatic heterocycles. The summed E-state index contributed by atoms with van der Waals surface area (Å²) in [5.41, 5.74) is -1.51. The number of aromatic nitrogens is 2. The van der Waals surface area contributed by atoms with Crippen LogP contribution in [-0.4, -0.2) is 57.9 Å². The Bertz CT molecular complexity index is 991. The van der Waals surface area contributed by atoms with Crippen molar-refractivity contribution in [3.8, 4) is 0 Å². The standard InChI is InChI=1S/C20H31N2O11P/c1-4-7-15(24)32-17-13(12-30-34(27,28)29-11-6-3)31-19(18(17)33-16(25)8-5-2)22-10-9-14(23)21-20(22)26/h9-10,13,17-19H,4-8,11-12H2,1-3H3,(H,27,28)(H,21,23,26)/t13-,17?,18+,19-/m1/s1. The maximum atomic E-state index is 12.4. The first-order valence-corrected chi connectivity index (χ1v) is 12.6. The van der Waals surface area contributed by atoms with E-state index in [1.807, 2.05) is 0 Å². The summed E-state index contributed by atoms with van der Waals surface area (Å²) in [5.74, 6) is -1.25. The highest BCUT2D eigenvalue weighted by atomic mass is 31.2. The second-order valence-electron chi connectivity index (χ2n) is 7.59. The van der Waals surface area contributed by atoms with Crippen LogP contribution in [0.4, 0.5) is 0 Å². The van der Waals surface area contributed by atoms with E-state index >= 15 is 0 Å². The zero-order chi connectivity index (χ0) is 25.3. The van der Waals surface area contributed by atoms with Crippen molar-refractivity contribution < 1.29 is 42.3 Å². The van der Waals surface area contributed by atoms with E-state index in [1.54, 1.807) is 20.8 Å². The second-order valence-corrected chi connectivity index (χ2v) is 9.04. The molecule has 1 aliphatic heterocycles. The number of hydrogen-bond acceptors (Lipinski definition) is 10. The molecule has 0 spiro atoms. The predicted octanol–water partition coefficient (Wildman–Crippen LogP) is 1.40. The highest BCUT2D eigenvalue weighted by molar-refractivity contribution is 7.47. The monoisotopic (exact) mass is 506 g/mol. The molecule has 5 atom stereocenters. The van der Waals surface area contributed by atoms with Crippen LogP contribution >= 0.6 is 7.82 Å². The molecule has 0 amide bonds. The molecule has 0 bridgehead atoms. The van der Waals surface area contributed by atoms with Gasteiger partial charge in [-0.2, -0.15) is 0 Å². The van der Waals surface area contributed by atoms with E-state index in [4.69, 9.17) is 23.3 Å². The van der Waals surface area contributed by atoms with Crippen molar-refractivity contribution in [1.29, 1.82) is 0 Å². The molecule has 1 saturated heterocycles. The molecule has 0 aliphatic carbocycles. The number of ether oxygens (including phenoxy) is 3. The molecule has 0 saturated carbocycles. The summed E-state index contributed by atoms with van der Waals surface area (Å²) < 4.78 is 39.7. The van der Waals surface area contributed by atoms with Crippen LogP contribution in [0.1, 0.15) is 59.1 Å². The first-order valence-electron chi connectivity index (χ1n) is 11.1. The van der Waals surface area contributed by atoms with Gasteiger partial charge in [-0.25, -0.2) is 9.36 Å². The molecule has 1 aliphatic rings. The van der Waals surface area contributed by atoms with Crippen LogP contribution in [0.25, 0.3) is 0 Å². The van der Waals surface area contributed by atoms with Crippen LogP contribution < -0.4 is 11.2 Å². The second kappa shape index (κ2) is 13.0. The van der Waals surface area contributed by atoms with Crippen molar-refractivity contribution in [2.24, 2.45) is 0 Å². The van der Waals surface area contributed by atoms with Gasteiger partial charge in [-0.15, -0.1) is 0 Å². The van der Waals surface area contributed by atoms with E-state index in [0.29, 0.717) is 19.3 Å². The van der Waals surface area contributed by atoms with E-state index in [0.717, 1.165) is 16.8 Å². The first kappa shape index (κ1) is 27.9. The van der Waals surface area contributed by atoms with Gasteiger partial charge in [0, 0.05) is 25.1 Å². The lowest BCUT2D eigenvalue weighted by molar-refractivity contribution is -0.168. The summed E-state index contributed by atoms with van der Waals surface area (Å²) in [4.78, 5) is 60.4. The zero-order valence-corrected chi connectivity index (χ0v) is 20.2. The Morgan fingerprint density at radius 1 is 1.06 bits per heavy atom. The largest absolute Gasteiger partial charge is 0.472 e. The Balaban J connectivity index is 2.40. The Morgan fingerprint density at radius 3 is 2.24 bits per heavy atom. The number of aromatic amines is 1. The maximum absolute atomic E-state index is 12.4. The van der Waals surface area contributed by atoms with Crippen LogP contribution in [0, 0.1) is 0 Å². The van der Waals surface area contributed by atoms with Gasteiger partial charge in [0.1, 0.15) is 6.10 Å². The number of esters is 2. The van der Waals surface area contributed by atoms with Gasteiger partial charge in [0.2, 0.25) is 0 Å². The molecule has 2 rings (SSSR count). The van der Waals surface area contributed by atoms with Crippen LogP contribution in [0.5, 0.6) is 0 Å². The number of carbonyl (C=O) groups is 2. The lowest BCUT2D eigenvalue weighted by Gasteiger charge is -2.25. The third kappa shape index (κ3) is 7.88. The van der Waals surface area contributed by atoms with Crippen LogP contribution in [0.2, 0.25) is 0 Å². The first-order chi connectivity index (χ1) is 16.1. The summed E-state index contributed by atoms with van der Waals surface area (Å²) >= 11 is 0. The fraction of sp³-hybridized carbons (Fsp3) is 0.700. The molecule has 2 N–H and O–H groups in total. The van der Waals surface area contributed by atoms with Crippen molar-refractivity contribution in [2.45, 2.75) is 77.4 Å². The molecule has 1 fully saturated rings. The fourth-order valence-corrected chi connectivity index (χ4v) is 4.03. The number of nitrogens with one attached hydrogen (secondary N) is 1. The molecule has 192 valence electrons. The van der Waals surface area contributed by atoms with Gasteiger partial charge >= 0.3 is 25.5 Å². The Kier molecular flexibility index (Phi) is 10.6. The van der Waals surface area contributed by atoms with Gasteiger partial charge in [0.25, 0.3) is 5.56 Å². The van der Waals surface area contributed by atoms with E-state index in [1.165, 1.54) is 0 Å². The quantitative estimate of drug-likeness (QED) is 0.292. The molecule has 13 nitrogen and oxygen atoms in total. The minimum absolute atomic E-state index is 0.0269. The predicted molar refractivity (Wildman–Crippen MR) is 117 cm³/mol. The molecule has 34 heavy (non-hydrogen) atoms. The van der Waals surface area contributed by atoms with E-state index in [2.05, 4.69) is 4.98 Å². The molecular weight excluding hydrogens is 475 g/mol. The fourth-order valence-electron chi connectivity index (χ4n) is 3.20. The van der Waals surface area contributed by atoms with Crippen LogP contribution in [0.15, 0.2) is 21.9 Å².